The molecule has 0 atom stereocenters. The van der Waals surface area contributed by atoms with Crippen molar-refractivity contribution in [2.45, 2.75) is 19.8 Å². The third-order valence-electron chi connectivity index (χ3n) is 2.02. The average Bonchev–Trinajstić information content (AvgIpc) is 2.47. The van der Waals surface area contributed by atoms with Crippen LogP contribution < -0.4 is 58.2 Å². The Labute approximate surface area is 127 Å². The van der Waals surface area contributed by atoms with Crippen molar-refractivity contribution in [1.29, 1.82) is 0 Å². The molecule has 0 aliphatic heterocycles. The van der Waals surface area contributed by atoms with Gasteiger partial charge in [0.25, 0.3) is 0 Å². The number of hydrogen-bond acceptors (Lipinski definition) is 1. The summed E-state index contributed by atoms with van der Waals surface area (Å²) in [5, 5.41) is 4.23. The predicted octanol–water partition coefficient (Wildman–Crippen LogP) is -0.738. The van der Waals surface area contributed by atoms with Crippen LogP contribution in [0.4, 0.5) is 0 Å². The molecule has 0 aliphatic carbocycles. The minimum absolute atomic E-state index is 0. The van der Waals surface area contributed by atoms with Crippen LogP contribution >= 0.6 is 0 Å². The largest absolute Gasteiger partial charge is 1.00 e. The Hall–Kier alpha value is 0.495. The first-order valence-corrected chi connectivity index (χ1v) is 4.12. The minimum Gasteiger partial charge on any atom is -0.277 e. The predicted molar refractivity (Wildman–Crippen MR) is 48.1 cm³/mol. The van der Waals surface area contributed by atoms with Crippen LogP contribution in [0.1, 0.15) is 25.3 Å². The number of nitrogens with zero attached hydrogens (tertiary/aromatic N) is 2. The van der Waals surface area contributed by atoms with Gasteiger partial charge in [-0.3, -0.25) is 4.52 Å². The zero-order chi connectivity index (χ0) is 8.55. The molecular weight excluding hydrogens is 234 g/mol. The van der Waals surface area contributed by atoms with E-state index in [1.165, 1.54) is 11.1 Å². The summed E-state index contributed by atoms with van der Waals surface area (Å²) in [6, 6.07) is 6.95. The molecule has 0 radical (unpaired) electrons. The second kappa shape index (κ2) is 4.83. The van der Waals surface area contributed by atoms with Gasteiger partial charge in [0.2, 0.25) is 0 Å². The number of rotatable bonds is 1. The molecule has 0 spiro atoms. The Morgan fingerprint density at radius 2 is 2.23 bits per heavy atom. The van der Waals surface area contributed by atoms with E-state index in [9.17, 15) is 0 Å². The first-order valence-electron chi connectivity index (χ1n) is 4.12. The Balaban J connectivity index is 0.000000845. The van der Waals surface area contributed by atoms with E-state index in [2.05, 4.69) is 25.0 Å². The van der Waals surface area contributed by atoms with Crippen molar-refractivity contribution in [2.75, 3.05) is 0 Å². The van der Waals surface area contributed by atoms with E-state index in [0.29, 0.717) is 5.92 Å². The zero-order valence-electron chi connectivity index (χ0n) is 8.28. The van der Waals surface area contributed by atoms with E-state index in [0.717, 1.165) is 0 Å². The van der Waals surface area contributed by atoms with E-state index < -0.39 is 0 Å². The maximum absolute atomic E-state index is 4.23. The first kappa shape index (κ1) is 11.6. The van der Waals surface area contributed by atoms with Crippen LogP contribution in [0.2, 0.25) is 0 Å². The van der Waals surface area contributed by atoms with Crippen LogP contribution in [0.25, 0.3) is 5.52 Å². The van der Waals surface area contributed by atoms with Crippen molar-refractivity contribution < 1.29 is 58.2 Å². The number of pyridine rings is 1. The molecule has 13 heavy (non-hydrogen) atoms. The van der Waals surface area contributed by atoms with Gasteiger partial charge >= 0.3 is 58.2 Å². The third kappa shape index (κ3) is 2.29. The molecule has 0 fully saturated rings. The number of aromatic nitrogens is 2. The normalized spacial score (nSPS) is 10.4. The van der Waals surface area contributed by atoms with Gasteiger partial charge in [-0.15, -0.1) is 0 Å². The molecule has 2 heterocycles. The van der Waals surface area contributed by atoms with Crippen molar-refractivity contribution in [2.24, 2.45) is 0 Å². The maximum atomic E-state index is 4.23. The molecule has 2 rings (SSSR count). The van der Waals surface area contributed by atoms with Gasteiger partial charge in [0.15, 0.2) is 0 Å². The Bertz CT molecular complexity index is 392. The summed E-state index contributed by atoms with van der Waals surface area (Å²) in [6.45, 7) is 4.35. The summed E-state index contributed by atoms with van der Waals surface area (Å²) in [5.74, 6) is 0.532. The second-order valence-electron chi connectivity index (χ2n) is 3.21. The molecule has 0 aliphatic rings. The van der Waals surface area contributed by atoms with Crippen molar-refractivity contribution in [3.05, 3.63) is 36.2 Å². The molecule has 0 unspecified atom stereocenters. The monoisotopic (exact) mass is 244 g/mol. The van der Waals surface area contributed by atoms with Crippen LogP contribution in [0.15, 0.2) is 24.5 Å². The van der Waals surface area contributed by atoms with Crippen LogP contribution in [0.5, 0.6) is 0 Å². The Morgan fingerprint density at radius 3 is 2.92 bits per heavy atom. The van der Waals surface area contributed by atoms with E-state index in [1.807, 2.05) is 29.0 Å². The maximum Gasteiger partial charge on any atom is 1.00 e. The smallest absolute Gasteiger partial charge is 0.277 e. The third-order valence-corrected chi connectivity index (χ3v) is 2.02. The van der Waals surface area contributed by atoms with Gasteiger partial charge in [0, 0.05) is 0 Å². The fourth-order valence-corrected chi connectivity index (χ4v) is 1.35. The Morgan fingerprint density at radius 1 is 1.46 bits per heavy atom. The number of fused-ring (bicyclic) bond motifs is 1. The molecular formula is C10H11N2Rb. The SMILES string of the molecule is CC(C)c1cnn2c[c-]ccc12.[Rb+]. The molecule has 0 saturated heterocycles. The molecule has 0 bridgehead atoms. The van der Waals surface area contributed by atoms with E-state index in [4.69, 9.17) is 0 Å². The standard InChI is InChI=1S/C10H11N2.Rb/c1-8(2)9-7-11-12-6-4-3-5-10(9)12;/h3,5-8H,1-2H3;/q-1;+1. The molecule has 2 aromatic rings. The van der Waals surface area contributed by atoms with E-state index >= 15 is 0 Å². The molecule has 2 nitrogen and oxygen atoms in total. The van der Waals surface area contributed by atoms with Crippen LogP contribution in [0.3, 0.4) is 0 Å². The van der Waals surface area contributed by atoms with Crippen molar-refractivity contribution in [3.63, 3.8) is 0 Å². The summed E-state index contributed by atoms with van der Waals surface area (Å²) >= 11 is 0. The molecule has 62 valence electrons. The van der Waals surface area contributed by atoms with Gasteiger partial charge in [-0.1, -0.05) is 20.0 Å². The zero-order valence-corrected chi connectivity index (χ0v) is 13.2. The van der Waals surface area contributed by atoms with Gasteiger partial charge < -0.3 is 0 Å². The van der Waals surface area contributed by atoms with Gasteiger partial charge in [-0.05, 0) is 17.0 Å². The van der Waals surface area contributed by atoms with Gasteiger partial charge in [-0.2, -0.15) is 11.2 Å². The first-order chi connectivity index (χ1) is 5.79. The summed E-state index contributed by atoms with van der Waals surface area (Å²) in [4.78, 5) is 0. The number of hydrogen-bond donors (Lipinski definition) is 0. The van der Waals surface area contributed by atoms with Gasteiger partial charge in [0.1, 0.15) is 0 Å². The van der Waals surface area contributed by atoms with Crippen LogP contribution in [0, 0.1) is 6.07 Å². The van der Waals surface area contributed by atoms with Crippen LogP contribution in [-0.2, 0) is 0 Å². The summed E-state index contributed by atoms with van der Waals surface area (Å²) in [7, 11) is 0. The van der Waals surface area contributed by atoms with Crippen molar-refractivity contribution in [3.8, 4) is 0 Å². The average molecular weight is 245 g/mol. The molecule has 0 saturated carbocycles. The van der Waals surface area contributed by atoms with E-state index in [1.54, 1.807) is 0 Å². The molecule has 0 aromatic carbocycles. The second-order valence-corrected chi connectivity index (χ2v) is 3.21. The molecule has 0 N–H and O–H groups in total. The van der Waals surface area contributed by atoms with Crippen molar-refractivity contribution >= 4 is 5.52 Å². The molecule has 2 aromatic heterocycles. The van der Waals surface area contributed by atoms with Crippen LogP contribution in [-0.4, -0.2) is 9.61 Å². The molecule has 3 heteroatoms. The van der Waals surface area contributed by atoms with Crippen molar-refractivity contribution in [1.82, 2.24) is 9.61 Å². The minimum atomic E-state index is 0. The summed E-state index contributed by atoms with van der Waals surface area (Å²) in [5.41, 5.74) is 2.48. The quantitative estimate of drug-likeness (QED) is 0.605. The molecule has 0 amide bonds. The topological polar surface area (TPSA) is 17.3 Å². The summed E-state index contributed by atoms with van der Waals surface area (Å²) < 4.78 is 1.86. The van der Waals surface area contributed by atoms with Gasteiger partial charge in [-0.25, -0.2) is 12.1 Å². The fraction of sp³-hybridized carbons (Fsp3) is 0.300. The summed E-state index contributed by atoms with van der Waals surface area (Å²) in [6.07, 6.45) is 3.77. The van der Waals surface area contributed by atoms with E-state index in [-0.39, 0.29) is 58.2 Å². The Kier molecular flexibility index (Phi) is 4.30. The fourth-order valence-electron chi connectivity index (χ4n) is 1.35. The van der Waals surface area contributed by atoms with Gasteiger partial charge in [0.05, 0.1) is 6.20 Å².